The molecule has 2 heterocycles. The van der Waals surface area contributed by atoms with E-state index in [9.17, 15) is 9.59 Å². The van der Waals surface area contributed by atoms with Gasteiger partial charge in [0.05, 0.1) is 11.4 Å². The smallest absolute Gasteiger partial charge is 0.227 e. The van der Waals surface area contributed by atoms with E-state index >= 15 is 0 Å². The Labute approximate surface area is 167 Å². The van der Waals surface area contributed by atoms with Crippen LogP contribution < -0.4 is 10.2 Å². The molecule has 4 saturated carbocycles. The van der Waals surface area contributed by atoms with Crippen LogP contribution in [0.5, 0.6) is 0 Å². The maximum absolute atomic E-state index is 13.0. The summed E-state index contributed by atoms with van der Waals surface area (Å²) in [5.74, 6) is 2.77. The molecule has 0 radical (unpaired) electrons. The quantitative estimate of drug-likeness (QED) is 0.795. The molecule has 0 spiro atoms. The molecule has 5 nitrogen and oxygen atoms in total. The first-order valence-electron chi connectivity index (χ1n) is 11.2. The van der Waals surface area contributed by atoms with Gasteiger partial charge < -0.3 is 10.2 Å². The van der Waals surface area contributed by atoms with Crippen molar-refractivity contribution in [2.45, 2.75) is 64.2 Å². The predicted octanol–water partition coefficient (Wildman–Crippen LogP) is 3.47. The van der Waals surface area contributed by atoms with E-state index in [-0.39, 0.29) is 17.2 Å². The summed E-state index contributed by atoms with van der Waals surface area (Å²) in [4.78, 5) is 32.0. The zero-order valence-corrected chi connectivity index (χ0v) is 16.7. The molecular formula is C23H31N3O2. The van der Waals surface area contributed by atoms with Gasteiger partial charge in [0.25, 0.3) is 0 Å². The number of pyridine rings is 1. The average Bonchev–Trinajstić information content (AvgIpc) is 2.69. The second kappa shape index (κ2) is 7.16. The minimum absolute atomic E-state index is 0.0871. The molecule has 1 N–H and O–H groups in total. The molecule has 1 aliphatic heterocycles. The van der Waals surface area contributed by atoms with E-state index in [1.165, 1.54) is 19.3 Å². The van der Waals surface area contributed by atoms with Crippen LogP contribution in [0.1, 0.15) is 63.5 Å². The van der Waals surface area contributed by atoms with Gasteiger partial charge in [-0.05, 0) is 87.7 Å². The summed E-state index contributed by atoms with van der Waals surface area (Å²) in [6, 6.07) is 3.89. The number of carbonyl (C=O) groups excluding carboxylic acids is 2. The van der Waals surface area contributed by atoms with Gasteiger partial charge in [-0.3, -0.25) is 14.6 Å². The lowest BCUT2D eigenvalue weighted by atomic mass is 9.49. The fourth-order valence-electron chi connectivity index (χ4n) is 6.80. The van der Waals surface area contributed by atoms with Crippen LogP contribution in [0.3, 0.4) is 0 Å². The summed E-state index contributed by atoms with van der Waals surface area (Å²) in [6.45, 7) is 1.39. The molecule has 4 fully saturated rings. The van der Waals surface area contributed by atoms with E-state index in [1.807, 2.05) is 17.0 Å². The number of carbonyl (C=O) groups is 2. The highest BCUT2D eigenvalue weighted by Crippen LogP contribution is 2.60. The Kier molecular flexibility index (Phi) is 4.64. The van der Waals surface area contributed by atoms with Gasteiger partial charge in [-0.25, -0.2) is 0 Å². The Morgan fingerprint density at radius 3 is 2.57 bits per heavy atom. The van der Waals surface area contributed by atoms with Crippen molar-refractivity contribution in [3.63, 3.8) is 0 Å². The van der Waals surface area contributed by atoms with E-state index in [4.69, 9.17) is 0 Å². The number of anilines is 1. The molecule has 1 aromatic rings. The zero-order chi connectivity index (χ0) is 19.1. The number of aromatic nitrogens is 1. The topological polar surface area (TPSA) is 62.3 Å². The van der Waals surface area contributed by atoms with E-state index in [0.29, 0.717) is 19.4 Å². The molecule has 6 rings (SSSR count). The lowest BCUT2D eigenvalue weighted by Crippen LogP contribution is -2.53. The van der Waals surface area contributed by atoms with Gasteiger partial charge in [-0.2, -0.15) is 0 Å². The number of nitrogens with zero attached hydrogens (tertiary/aromatic N) is 2. The average molecular weight is 382 g/mol. The van der Waals surface area contributed by atoms with Crippen molar-refractivity contribution in [3.05, 3.63) is 24.0 Å². The molecule has 2 amide bonds. The molecule has 0 saturated heterocycles. The first kappa shape index (κ1) is 18.1. The van der Waals surface area contributed by atoms with Crippen LogP contribution in [-0.2, 0) is 16.0 Å². The molecule has 28 heavy (non-hydrogen) atoms. The second-order valence-electron chi connectivity index (χ2n) is 9.68. The largest absolute Gasteiger partial charge is 0.356 e. The van der Waals surface area contributed by atoms with Crippen LogP contribution in [0.4, 0.5) is 5.69 Å². The number of hydrogen-bond donors (Lipinski definition) is 1. The number of fused-ring (bicyclic) bond motifs is 1. The zero-order valence-electron chi connectivity index (χ0n) is 16.7. The normalized spacial score (nSPS) is 32.9. The lowest BCUT2D eigenvalue weighted by molar-refractivity contribution is -0.146. The maximum Gasteiger partial charge on any atom is 0.227 e. The van der Waals surface area contributed by atoms with Crippen molar-refractivity contribution in [2.75, 3.05) is 18.0 Å². The standard InChI is InChI=1S/C23H31N3O2/c27-21(26-9-3-4-19-20(26)5-1-7-24-19)6-2-8-25-22(28)23-13-16-10-17(14-23)12-18(11-16)15-23/h1,5,7,16-18H,2-4,6,8-15H2,(H,25,28). The second-order valence-corrected chi connectivity index (χ2v) is 9.68. The number of nitrogens with one attached hydrogen (secondary N) is 1. The van der Waals surface area contributed by atoms with Crippen molar-refractivity contribution >= 4 is 17.5 Å². The van der Waals surface area contributed by atoms with Crippen LogP contribution in [0, 0.1) is 23.2 Å². The van der Waals surface area contributed by atoms with Gasteiger partial charge >= 0.3 is 0 Å². The summed E-state index contributed by atoms with van der Waals surface area (Å²) in [7, 11) is 0. The van der Waals surface area contributed by atoms with Gasteiger partial charge in [0.2, 0.25) is 11.8 Å². The Balaban J connectivity index is 1.12. The molecule has 150 valence electrons. The highest BCUT2D eigenvalue weighted by atomic mass is 16.2. The van der Waals surface area contributed by atoms with Crippen molar-refractivity contribution in [3.8, 4) is 0 Å². The number of amides is 2. The van der Waals surface area contributed by atoms with Gasteiger partial charge in [0.1, 0.15) is 0 Å². The van der Waals surface area contributed by atoms with Gasteiger partial charge in [-0.15, -0.1) is 0 Å². The molecule has 1 aromatic heterocycles. The SMILES string of the molecule is O=C(CCCNC(=O)C12CC3CC(CC(C3)C1)C2)N1CCCc2ncccc21. The summed E-state index contributed by atoms with van der Waals surface area (Å²) in [5, 5.41) is 3.20. The minimum Gasteiger partial charge on any atom is -0.356 e. The third-order valence-electron chi connectivity index (χ3n) is 7.63. The lowest BCUT2D eigenvalue weighted by Gasteiger charge is -2.55. The van der Waals surface area contributed by atoms with Crippen molar-refractivity contribution in [1.82, 2.24) is 10.3 Å². The van der Waals surface area contributed by atoms with E-state index < -0.39 is 0 Å². The molecule has 5 aliphatic rings. The predicted molar refractivity (Wildman–Crippen MR) is 108 cm³/mol. The van der Waals surface area contributed by atoms with Crippen molar-refractivity contribution in [1.29, 1.82) is 0 Å². The first-order chi connectivity index (χ1) is 13.6. The van der Waals surface area contributed by atoms with Crippen LogP contribution >= 0.6 is 0 Å². The highest BCUT2D eigenvalue weighted by molar-refractivity contribution is 5.94. The fraction of sp³-hybridized carbons (Fsp3) is 0.696. The number of rotatable bonds is 5. The summed E-state index contributed by atoms with van der Waals surface area (Å²) in [6.07, 6.45) is 12.3. The van der Waals surface area contributed by atoms with Crippen molar-refractivity contribution < 1.29 is 9.59 Å². The van der Waals surface area contributed by atoms with Crippen LogP contribution in [0.2, 0.25) is 0 Å². The van der Waals surface area contributed by atoms with E-state index in [1.54, 1.807) is 6.20 Å². The molecule has 5 heteroatoms. The molecule has 0 unspecified atom stereocenters. The minimum atomic E-state index is -0.0871. The first-order valence-corrected chi connectivity index (χ1v) is 11.2. The van der Waals surface area contributed by atoms with Crippen LogP contribution in [0.25, 0.3) is 0 Å². The molecule has 4 aliphatic carbocycles. The third-order valence-corrected chi connectivity index (χ3v) is 7.63. The number of aryl methyl sites for hydroxylation is 1. The molecule has 0 aromatic carbocycles. The summed E-state index contributed by atoms with van der Waals surface area (Å²) < 4.78 is 0. The Morgan fingerprint density at radius 1 is 1.14 bits per heavy atom. The summed E-state index contributed by atoms with van der Waals surface area (Å²) >= 11 is 0. The van der Waals surface area contributed by atoms with E-state index in [0.717, 1.165) is 67.8 Å². The maximum atomic E-state index is 13.0. The van der Waals surface area contributed by atoms with Crippen LogP contribution in [0.15, 0.2) is 18.3 Å². The Morgan fingerprint density at radius 2 is 1.86 bits per heavy atom. The fourth-order valence-corrected chi connectivity index (χ4v) is 6.80. The Hall–Kier alpha value is -1.91. The Bertz CT molecular complexity index is 740. The van der Waals surface area contributed by atoms with Gasteiger partial charge in [-0.1, -0.05) is 0 Å². The van der Waals surface area contributed by atoms with Gasteiger partial charge in [0.15, 0.2) is 0 Å². The van der Waals surface area contributed by atoms with E-state index in [2.05, 4.69) is 10.3 Å². The van der Waals surface area contributed by atoms with Crippen LogP contribution in [-0.4, -0.2) is 29.9 Å². The van der Waals surface area contributed by atoms with Crippen molar-refractivity contribution in [2.24, 2.45) is 23.2 Å². The summed E-state index contributed by atoms with van der Waals surface area (Å²) in [5.41, 5.74) is 1.91. The van der Waals surface area contributed by atoms with Gasteiger partial charge in [0, 0.05) is 31.1 Å². The highest BCUT2D eigenvalue weighted by Gasteiger charge is 2.54. The third kappa shape index (κ3) is 3.23. The number of hydrogen-bond acceptors (Lipinski definition) is 3. The molecular weight excluding hydrogens is 350 g/mol. The monoisotopic (exact) mass is 381 g/mol. The molecule has 4 bridgehead atoms. The molecule has 0 atom stereocenters.